The summed E-state index contributed by atoms with van der Waals surface area (Å²) in [5.41, 5.74) is 3.79. The van der Waals surface area contributed by atoms with Gasteiger partial charge in [-0.2, -0.15) is 0 Å². The Labute approximate surface area is 244 Å². The van der Waals surface area contributed by atoms with Crippen LogP contribution in [-0.4, -0.2) is 32.7 Å². The number of anilines is 1. The molecule has 0 radical (unpaired) electrons. The summed E-state index contributed by atoms with van der Waals surface area (Å²) < 4.78 is 1.64. The predicted molar refractivity (Wildman–Crippen MR) is 166 cm³/mol. The summed E-state index contributed by atoms with van der Waals surface area (Å²) in [6.45, 7) is 4.30. The van der Waals surface area contributed by atoms with E-state index in [-0.39, 0.29) is 30.0 Å². The average molecular weight is 569 g/mol. The number of aryl methyl sites for hydroxylation is 1. The van der Waals surface area contributed by atoms with Crippen molar-refractivity contribution >= 4 is 40.2 Å². The van der Waals surface area contributed by atoms with Gasteiger partial charge in [0.25, 0.3) is 11.5 Å². The van der Waals surface area contributed by atoms with Crippen molar-refractivity contribution in [2.45, 2.75) is 75.4 Å². The Morgan fingerprint density at radius 1 is 0.976 bits per heavy atom. The maximum absolute atomic E-state index is 13.7. The molecule has 212 valence electrons. The molecule has 2 amide bonds. The Balaban J connectivity index is 1.40. The maximum atomic E-state index is 13.7. The summed E-state index contributed by atoms with van der Waals surface area (Å²) in [7, 11) is 0. The zero-order valence-corrected chi connectivity index (χ0v) is 24.4. The molecule has 1 fully saturated rings. The van der Waals surface area contributed by atoms with Gasteiger partial charge in [0.15, 0.2) is 5.16 Å². The van der Waals surface area contributed by atoms with Crippen molar-refractivity contribution < 1.29 is 9.59 Å². The summed E-state index contributed by atoms with van der Waals surface area (Å²) in [4.78, 5) is 44.6. The molecular formula is C33H36N4O3S. The predicted octanol–water partition coefficient (Wildman–Crippen LogP) is 6.19. The van der Waals surface area contributed by atoms with Crippen LogP contribution in [0.4, 0.5) is 5.69 Å². The van der Waals surface area contributed by atoms with Crippen LogP contribution in [0.25, 0.3) is 10.9 Å². The van der Waals surface area contributed by atoms with Gasteiger partial charge in [-0.1, -0.05) is 80.9 Å². The number of carbonyl (C=O) groups is 2. The number of nitrogens with one attached hydrogen (secondary N) is 2. The molecule has 41 heavy (non-hydrogen) atoms. The number of nitrogens with zero attached hydrogens (tertiary/aromatic N) is 2. The van der Waals surface area contributed by atoms with Crippen LogP contribution in [0.5, 0.6) is 0 Å². The van der Waals surface area contributed by atoms with Gasteiger partial charge in [0, 0.05) is 17.3 Å². The van der Waals surface area contributed by atoms with Crippen molar-refractivity contribution in [1.29, 1.82) is 0 Å². The summed E-state index contributed by atoms with van der Waals surface area (Å²) >= 11 is 1.31. The molecule has 1 atom stereocenters. The minimum absolute atomic E-state index is 0.0642. The highest BCUT2D eigenvalue weighted by Gasteiger charge is 2.23. The van der Waals surface area contributed by atoms with Gasteiger partial charge < -0.3 is 10.6 Å². The molecule has 4 aromatic rings. The lowest BCUT2D eigenvalue weighted by Gasteiger charge is -2.19. The number of hydrogen-bond donors (Lipinski definition) is 2. The number of aromatic nitrogens is 2. The van der Waals surface area contributed by atoms with Crippen molar-refractivity contribution in [2.24, 2.45) is 0 Å². The highest BCUT2D eigenvalue weighted by molar-refractivity contribution is 8.00. The molecule has 0 aliphatic heterocycles. The van der Waals surface area contributed by atoms with Gasteiger partial charge in [-0.3, -0.25) is 19.0 Å². The molecular weight excluding hydrogens is 532 g/mol. The Hall–Kier alpha value is -3.91. The zero-order valence-electron chi connectivity index (χ0n) is 23.6. The number of thioether (sulfide) groups is 1. The second kappa shape index (κ2) is 13.2. The molecule has 1 saturated carbocycles. The van der Waals surface area contributed by atoms with Gasteiger partial charge in [0.2, 0.25) is 5.91 Å². The van der Waals surface area contributed by atoms with Crippen molar-refractivity contribution in [2.75, 3.05) is 5.32 Å². The Morgan fingerprint density at radius 3 is 2.41 bits per heavy atom. The third kappa shape index (κ3) is 6.70. The first-order valence-corrected chi connectivity index (χ1v) is 15.3. The van der Waals surface area contributed by atoms with E-state index < -0.39 is 5.25 Å². The van der Waals surface area contributed by atoms with Crippen LogP contribution in [0.1, 0.15) is 67.4 Å². The third-order valence-electron chi connectivity index (χ3n) is 7.64. The normalized spacial score (nSPS) is 14.2. The molecule has 1 aromatic heterocycles. The van der Waals surface area contributed by atoms with Crippen LogP contribution in [-0.2, 0) is 17.8 Å². The van der Waals surface area contributed by atoms with Crippen LogP contribution >= 0.6 is 11.8 Å². The molecule has 2 N–H and O–H groups in total. The number of para-hydroxylation sites is 2. The fourth-order valence-electron chi connectivity index (χ4n) is 5.27. The van der Waals surface area contributed by atoms with Crippen LogP contribution in [0.2, 0.25) is 0 Å². The number of benzene rings is 3. The molecule has 8 heteroatoms. The second-order valence-electron chi connectivity index (χ2n) is 10.5. The first-order valence-electron chi connectivity index (χ1n) is 14.4. The highest BCUT2D eigenvalue weighted by Crippen LogP contribution is 2.27. The second-order valence-corrected chi connectivity index (χ2v) is 11.6. The first-order chi connectivity index (χ1) is 20.0. The van der Waals surface area contributed by atoms with Gasteiger partial charge in [0.1, 0.15) is 0 Å². The van der Waals surface area contributed by atoms with Gasteiger partial charge in [0.05, 0.1) is 22.7 Å². The number of carbonyl (C=O) groups excluding carboxylic acids is 2. The van der Waals surface area contributed by atoms with Crippen molar-refractivity contribution in [3.05, 3.63) is 99.8 Å². The van der Waals surface area contributed by atoms with Crippen molar-refractivity contribution in [3.63, 3.8) is 0 Å². The number of fused-ring (bicyclic) bond motifs is 1. The molecule has 1 unspecified atom stereocenters. The minimum Gasteiger partial charge on any atom is -0.349 e. The lowest BCUT2D eigenvalue weighted by Crippen LogP contribution is -2.32. The van der Waals surface area contributed by atoms with E-state index >= 15 is 0 Å². The van der Waals surface area contributed by atoms with Crippen LogP contribution in [0.3, 0.4) is 0 Å². The lowest BCUT2D eigenvalue weighted by molar-refractivity contribution is -0.115. The summed E-state index contributed by atoms with van der Waals surface area (Å²) in [6, 6.07) is 22.7. The summed E-state index contributed by atoms with van der Waals surface area (Å²) in [5, 5.41) is 6.78. The summed E-state index contributed by atoms with van der Waals surface area (Å²) in [5.74, 6) is -0.185. The quantitative estimate of drug-likeness (QED) is 0.176. The smallest absolute Gasteiger partial charge is 0.262 e. The van der Waals surface area contributed by atoms with E-state index in [9.17, 15) is 14.4 Å². The summed E-state index contributed by atoms with van der Waals surface area (Å²) in [6.07, 6.45) is 5.76. The highest BCUT2D eigenvalue weighted by atomic mass is 32.2. The third-order valence-corrected chi connectivity index (χ3v) is 9.00. The molecule has 1 heterocycles. The first kappa shape index (κ1) is 28.6. The van der Waals surface area contributed by atoms with Crippen LogP contribution in [0.15, 0.2) is 82.7 Å². The number of rotatable bonds is 10. The van der Waals surface area contributed by atoms with Gasteiger partial charge in [-0.25, -0.2) is 4.98 Å². The average Bonchev–Trinajstić information content (AvgIpc) is 3.51. The van der Waals surface area contributed by atoms with E-state index in [1.54, 1.807) is 22.8 Å². The van der Waals surface area contributed by atoms with E-state index in [1.165, 1.54) is 11.8 Å². The standard InChI is InChI=1S/C33H36N4O3S/c1-3-23-11-5-9-15-27(23)35-31(39)29(4-2)41-33-36-28-16-10-8-14-26(28)32(40)37(33)21-22-17-19-24(20-18-22)30(38)34-25-12-6-7-13-25/h5,8-11,14-20,25,29H,3-4,6-7,12-13,21H2,1-2H3,(H,34,38)(H,35,39). The van der Waals surface area contributed by atoms with Crippen LogP contribution < -0.4 is 16.2 Å². The van der Waals surface area contributed by atoms with Crippen LogP contribution in [0, 0.1) is 0 Å². The SMILES string of the molecule is CCc1ccccc1NC(=O)C(CC)Sc1nc2ccccc2c(=O)n1Cc1ccc(C(=O)NC2CCCC2)cc1. The molecule has 1 aliphatic rings. The van der Waals surface area contributed by atoms with E-state index in [4.69, 9.17) is 4.98 Å². The number of amides is 2. The topological polar surface area (TPSA) is 93.1 Å². The molecule has 5 rings (SSSR count). The molecule has 0 spiro atoms. The minimum atomic E-state index is -0.444. The Bertz CT molecular complexity index is 1590. The molecule has 0 bridgehead atoms. The van der Waals surface area contributed by atoms with Gasteiger partial charge >= 0.3 is 0 Å². The molecule has 3 aromatic carbocycles. The molecule has 0 saturated heterocycles. The maximum Gasteiger partial charge on any atom is 0.262 e. The largest absolute Gasteiger partial charge is 0.349 e. The van der Waals surface area contributed by atoms with Gasteiger partial charge in [-0.15, -0.1) is 0 Å². The monoisotopic (exact) mass is 568 g/mol. The molecule has 1 aliphatic carbocycles. The Morgan fingerprint density at radius 2 is 1.68 bits per heavy atom. The van der Waals surface area contributed by atoms with Gasteiger partial charge in [-0.05, 0) is 67.1 Å². The number of hydrogen-bond acceptors (Lipinski definition) is 5. The Kier molecular flexibility index (Phi) is 9.19. The fourth-order valence-corrected chi connectivity index (χ4v) is 6.29. The van der Waals surface area contributed by atoms with E-state index in [0.29, 0.717) is 28.0 Å². The van der Waals surface area contributed by atoms with E-state index in [1.807, 2.05) is 61.5 Å². The fraction of sp³-hybridized carbons (Fsp3) is 0.333. The van der Waals surface area contributed by atoms with E-state index in [0.717, 1.165) is 48.9 Å². The van der Waals surface area contributed by atoms with Crippen molar-refractivity contribution in [3.8, 4) is 0 Å². The zero-order chi connectivity index (χ0) is 28.8. The lowest BCUT2D eigenvalue weighted by atomic mass is 10.1. The molecule has 7 nitrogen and oxygen atoms in total. The van der Waals surface area contributed by atoms with Crippen molar-refractivity contribution in [1.82, 2.24) is 14.9 Å². The van der Waals surface area contributed by atoms with E-state index in [2.05, 4.69) is 17.6 Å².